The summed E-state index contributed by atoms with van der Waals surface area (Å²) in [5.74, 6) is -0.946. The van der Waals surface area contributed by atoms with E-state index in [1.54, 1.807) is 12.1 Å². The van der Waals surface area contributed by atoms with E-state index in [2.05, 4.69) is 4.74 Å². The maximum atomic E-state index is 11.5. The zero-order valence-corrected chi connectivity index (χ0v) is 9.78. The third kappa shape index (κ3) is 2.21. The van der Waals surface area contributed by atoms with Crippen LogP contribution in [-0.4, -0.2) is 29.5 Å². The predicted octanol–water partition coefficient (Wildman–Crippen LogP) is 1.32. The molecular weight excluding hydrogens is 234 g/mol. The van der Waals surface area contributed by atoms with Crippen molar-refractivity contribution in [2.45, 2.75) is 6.23 Å². The normalized spacial score (nSPS) is 19.0. The first-order valence-electron chi connectivity index (χ1n) is 5.36. The zero-order valence-electron chi connectivity index (χ0n) is 9.78. The Bertz CT molecular complexity index is 507. The van der Waals surface area contributed by atoms with Crippen LogP contribution in [0.15, 0.2) is 53.9 Å². The highest BCUT2D eigenvalue weighted by Gasteiger charge is 2.25. The van der Waals surface area contributed by atoms with Gasteiger partial charge in [0.1, 0.15) is 11.3 Å². The van der Waals surface area contributed by atoms with E-state index in [0.717, 1.165) is 0 Å². The molecule has 1 atom stereocenters. The first-order valence-corrected chi connectivity index (χ1v) is 5.36. The summed E-state index contributed by atoms with van der Waals surface area (Å²) in [4.78, 5) is 12.9. The topological polar surface area (TPSA) is 70.0 Å². The smallest absolute Gasteiger partial charge is 0.343 e. The molecule has 1 unspecified atom stereocenters. The van der Waals surface area contributed by atoms with Crippen molar-refractivity contribution < 1.29 is 19.7 Å². The highest BCUT2D eigenvalue weighted by atomic mass is 16.5. The van der Waals surface area contributed by atoms with Gasteiger partial charge < -0.3 is 19.8 Å². The number of carbonyl (C=O) groups is 1. The molecule has 5 heteroatoms. The molecule has 1 heterocycles. The molecule has 1 aromatic carbocycles. The lowest BCUT2D eigenvalue weighted by Crippen LogP contribution is -2.33. The molecule has 0 fully saturated rings. The number of anilines is 1. The van der Waals surface area contributed by atoms with Crippen LogP contribution in [0, 0.1) is 0 Å². The summed E-state index contributed by atoms with van der Waals surface area (Å²) in [7, 11) is 1.23. The van der Waals surface area contributed by atoms with Crippen molar-refractivity contribution in [3.8, 4) is 0 Å². The lowest BCUT2D eigenvalue weighted by Gasteiger charge is -2.28. The van der Waals surface area contributed by atoms with Crippen molar-refractivity contribution in [3.63, 3.8) is 0 Å². The van der Waals surface area contributed by atoms with Crippen LogP contribution in [0.3, 0.4) is 0 Å². The fourth-order valence-corrected chi connectivity index (χ4v) is 1.69. The highest BCUT2D eigenvalue weighted by molar-refractivity contribution is 5.93. The van der Waals surface area contributed by atoms with Crippen molar-refractivity contribution in [3.05, 3.63) is 53.9 Å². The van der Waals surface area contributed by atoms with E-state index >= 15 is 0 Å². The fraction of sp³-hybridized carbons (Fsp3) is 0.154. The minimum absolute atomic E-state index is 0.00616. The largest absolute Gasteiger partial charge is 0.507 e. The summed E-state index contributed by atoms with van der Waals surface area (Å²) in [5.41, 5.74) is 0.710. The van der Waals surface area contributed by atoms with Crippen molar-refractivity contribution in [2.75, 3.05) is 12.0 Å². The molecule has 5 nitrogen and oxygen atoms in total. The molecule has 0 aromatic heterocycles. The van der Waals surface area contributed by atoms with Gasteiger partial charge in [-0.15, -0.1) is 0 Å². The van der Waals surface area contributed by atoms with Crippen LogP contribution in [-0.2, 0) is 9.53 Å². The van der Waals surface area contributed by atoms with Crippen LogP contribution in [0.25, 0.3) is 0 Å². The molecule has 1 aromatic rings. The Hall–Kier alpha value is -2.27. The summed E-state index contributed by atoms with van der Waals surface area (Å²) in [6.45, 7) is 0. The molecular formula is C13H13NO4. The van der Waals surface area contributed by atoms with Crippen LogP contribution < -0.4 is 4.90 Å². The van der Waals surface area contributed by atoms with Crippen molar-refractivity contribution in [1.82, 2.24) is 0 Å². The van der Waals surface area contributed by atoms with Gasteiger partial charge in [0.25, 0.3) is 0 Å². The van der Waals surface area contributed by atoms with E-state index in [4.69, 9.17) is 0 Å². The summed E-state index contributed by atoms with van der Waals surface area (Å²) in [6, 6.07) is 9.03. The Labute approximate surface area is 104 Å². The lowest BCUT2D eigenvalue weighted by atomic mass is 10.1. The van der Waals surface area contributed by atoms with Gasteiger partial charge in [-0.25, -0.2) is 4.79 Å². The Morgan fingerprint density at radius 2 is 2.00 bits per heavy atom. The van der Waals surface area contributed by atoms with Gasteiger partial charge in [-0.3, -0.25) is 0 Å². The van der Waals surface area contributed by atoms with Gasteiger partial charge in [0.15, 0.2) is 6.23 Å². The number of para-hydroxylation sites is 1. The maximum Gasteiger partial charge on any atom is 0.343 e. The number of nitrogens with zero attached hydrogens (tertiary/aromatic N) is 1. The van der Waals surface area contributed by atoms with Gasteiger partial charge in [-0.2, -0.15) is 0 Å². The van der Waals surface area contributed by atoms with Crippen LogP contribution in [0.2, 0.25) is 0 Å². The van der Waals surface area contributed by atoms with E-state index in [0.29, 0.717) is 5.69 Å². The van der Waals surface area contributed by atoms with E-state index in [9.17, 15) is 15.0 Å². The molecule has 0 bridgehead atoms. The lowest BCUT2D eigenvalue weighted by molar-refractivity contribution is -0.136. The Kier molecular flexibility index (Phi) is 3.34. The van der Waals surface area contributed by atoms with E-state index < -0.39 is 12.2 Å². The van der Waals surface area contributed by atoms with Crippen LogP contribution >= 0.6 is 0 Å². The van der Waals surface area contributed by atoms with Gasteiger partial charge >= 0.3 is 5.97 Å². The van der Waals surface area contributed by atoms with Crippen molar-refractivity contribution >= 4 is 11.7 Å². The number of benzene rings is 1. The molecule has 0 amide bonds. The SMILES string of the molecule is COC(=O)C1=CN(c2ccccc2)C(O)C=C1O. The first kappa shape index (κ1) is 12.2. The second-order valence-electron chi connectivity index (χ2n) is 3.74. The summed E-state index contributed by atoms with van der Waals surface area (Å²) < 4.78 is 4.56. The second-order valence-corrected chi connectivity index (χ2v) is 3.74. The molecule has 0 saturated heterocycles. The van der Waals surface area contributed by atoms with Crippen molar-refractivity contribution in [2.24, 2.45) is 0 Å². The molecule has 94 valence electrons. The van der Waals surface area contributed by atoms with Crippen LogP contribution in [0.1, 0.15) is 0 Å². The van der Waals surface area contributed by atoms with Gasteiger partial charge in [0.05, 0.1) is 7.11 Å². The minimum atomic E-state index is -1.03. The molecule has 0 aliphatic carbocycles. The number of hydrogen-bond donors (Lipinski definition) is 2. The molecule has 0 saturated carbocycles. The number of esters is 1. The third-order valence-corrected chi connectivity index (χ3v) is 2.60. The number of hydrogen-bond acceptors (Lipinski definition) is 5. The Balaban J connectivity index is 2.38. The molecule has 1 aliphatic heterocycles. The van der Waals surface area contributed by atoms with Crippen LogP contribution in [0.4, 0.5) is 5.69 Å². The van der Waals surface area contributed by atoms with Gasteiger partial charge in [-0.05, 0) is 12.1 Å². The van der Waals surface area contributed by atoms with Gasteiger partial charge in [0.2, 0.25) is 0 Å². The fourth-order valence-electron chi connectivity index (χ4n) is 1.69. The molecule has 2 rings (SSSR count). The maximum absolute atomic E-state index is 11.5. The Morgan fingerprint density at radius 3 is 2.61 bits per heavy atom. The molecule has 2 N–H and O–H groups in total. The molecule has 0 spiro atoms. The van der Waals surface area contributed by atoms with Crippen molar-refractivity contribution in [1.29, 1.82) is 0 Å². The summed E-state index contributed by atoms with van der Waals surface area (Å²) in [6.07, 6.45) is 1.52. The molecule has 0 radical (unpaired) electrons. The van der Waals surface area contributed by atoms with E-state index in [1.807, 2.05) is 18.2 Å². The number of aliphatic hydroxyl groups is 2. The first-order chi connectivity index (χ1) is 8.63. The average Bonchev–Trinajstić information content (AvgIpc) is 2.39. The average molecular weight is 247 g/mol. The quantitative estimate of drug-likeness (QED) is 0.771. The predicted molar refractivity (Wildman–Crippen MR) is 65.7 cm³/mol. The minimum Gasteiger partial charge on any atom is -0.507 e. The molecule has 18 heavy (non-hydrogen) atoms. The van der Waals surface area contributed by atoms with E-state index in [-0.39, 0.29) is 11.3 Å². The molecule has 1 aliphatic rings. The Morgan fingerprint density at radius 1 is 1.33 bits per heavy atom. The van der Waals surface area contributed by atoms with Gasteiger partial charge in [0, 0.05) is 18.0 Å². The van der Waals surface area contributed by atoms with E-state index in [1.165, 1.54) is 24.3 Å². The number of rotatable bonds is 2. The zero-order chi connectivity index (χ0) is 13.1. The standard InChI is InChI=1S/C13H13NO4/c1-18-13(17)10-8-14(12(16)7-11(10)15)9-5-3-2-4-6-9/h2-8,12,15-16H,1H3. The summed E-state index contributed by atoms with van der Waals surface area (Å²) >= 11 is 0. The number of carbonyl (C=O) groups excluding carboxylic acids is 1. The second kappa shape index (κ2) is 4.93. The number of methoxy groups -OCH3 is 1. The highest BCUT2D eigenvalue weighted by Crippen LogP contribution is 2.24. The third-order valence-electron chi connectivity index (χ3n) is 2.60. The van der Waals surface area contributed by atoms with Crippen LogP contribution in [0.5, 0.6) is 0 Å². The van der Waals surface area contributed by atoms with Gasteiger partial charge in [-0.1, -0.05) is 18.2 Å². The monoisotopic (exact) mass is 247 g/mol. The number of ether oxygens (including phenoxy) is 1. The summed E-state index contributed by atoms with van der Waals surface area (Å²) in [5, 5.41) is 19.5. The number of aliphatic hydroxyl groups excluding tert-OH is 2.